The molecule has 1 fully saturated rings. The first-order valence-corrected chi connectivity index (χ1v) is 10.9. The van der Waals surface area contributed by atoms with Crippen molar-refractivity contribution in [3.8, 4) is 0 Å². The molecule has 8 nitrogen and oxygen atoms in total. The number of piperazine rings is 1. The first kappa shape index (κ1) is 20.4. The number of para-hydroxylation sites is 1. The number of carbonyl (C=O) groups excluding carboxylic acids is 1. The number of hydrogen-bond donors (Lipinski definition) is 3. The summed E-state index contributed by atoms with van der Waals surface area (Å²) in [6, 6.07) is 17.7. The minimum atomic E-state index is -0.684. The fourth-order valence-corrected chi connectivity index (χ4v) is 4.47. The second-order valence-electron chi connectivity index (χ2n) is 8.20. The van der Waals surface area contributed by atoms with Gasteiger partial charge in [0, 0.05) is 60.9 Å². The number of hydrogen-bond acceptors (Lipinski definition) is 5. The Morgan fingerprint density at radius 3 is 2.72 bits per heavy atom. The molecule has 1 unspecified atom stereocenters. The van der Waals surface area contributed by atoms with Crippen LogP contribution in [0.4, 0.5) is 5.69 Å². The van der Waals surface area contributed by atoms with Crippen molar-refractivity contribution in [3.05, 3.63) is 66.5 Å². The van der Waals surface area contributed by atoms with Gasteiger partial charge in [-0.25, -0.2) is 0 Å². The molecule has 8 heteroatoms. The number of benzene rings is 2. The van der Waals surface area contributed by atoms with Crippen LogP contribution in [0.1, 0.15) is 10.5 Å². The number of anilines is 1. The van der Waals surface area contributed by atoms with Gasteiger partial charge in [-0.1, -0.05) is 24.3 Å². The fraction of sp³-hybridized carbons (Fsp3) is 0.292. The number of amides is 1. The van der Waals surface area contributed by atoms with Crippen molar-refractivity contribution in [2.24, 2.45) is 5.73 Å². The Morgan fingerprint density at radius 2 is 1.91 bits per heavy atom. The van der Waals surface area contributed by atoms with Crippen molar-refractivity contribution in [3.63, 3.8) is 0 Å². The number of aromatic nitrogens is 2. The number of nitrogens with zero attached hydrogens (tertiary/aromatic N) is 3. The predicted octanol–water partition coefficient (Wildman–Crippen LogP) is 1.83. The molecule has 2 aromatic heterocycles. The van der Waals surface area contributed by atoms with Gasteiger partial charge in [-0.15, -0.1) is 0 Å². The summed E-state index contributed by atoms with van der Waals surface area (Å²) in [5, 5.41) is 12.7. The minimum Gasteiger partial charge on any atom is -0.410 e. The van der Waals surface area contributed by atoms with Crippen LogP contribution >= 0.6 is 0 Å². The zero-order chi connectivity index (χ0) is 22.1. The summed E-state index contributed by atoms with van der Waals surface area (Å²) < 4.78 is 1.43. The summed E-state index contributed by atoms with van der Waals surface area (Å²) >= 11 is 0. The second-order valence-corrected chi connectivity index (χ2v) is 8.20. The lowest BCUT2D eigenvalue weighted by Crippen LogP contribution is -2.49. The van der Waals surface area contributed by atoms with E-state index in [1.54, 1.807) is 6.07 Å². The van der Waals surface area contributed by atoms with Crippen molar-refractivity contribution in [1.29, 1.82) is 0 Å². The Bertz CT molecular complexity index is 1240. The normalized spacial score (nSPS) is 16.0. The number of fused-ring (bicyclic) bond motifs is 2. The number of rotatable bonds is 7. The highest BCUT2D eigenvalue weighted by Gasteiger charge is 2.22. The lowest BCUT2D eigenvalue weighted by molar-refractivity contribution is 0.0103. The molecule has 4 N–H and O–H groups in total. The minimum absolute atomic E-state index is 0.0713. The number of carbonyl (C=O) groups is 1. The molecule has 4 aromatic rings. The number of aliphatic hydroxyl groups is 1. The van der Waals surface area contributed by atoms with Crippen LogP contribution in [0.25, 0.3) is 21.8 Å². The summed E-state index contributed by atoms with van der Waals surface area (Å²) in [7, 11) is 0. The standard InChI is InChI=1S/C24H27N5O3/c25-24(31)23-14-17-4-1-2-6-21(17)29(23)32-16-18(30)15-27-10-12-28(13-11-27)22-7-3-5-20-19(22)8-9-26-20/h1-9,14,18,26,30H,10-13,15-16H2,(H2,25,31). The Morgan fingerprint density at radius 1 is 1.09 bits per heavy atom. The molecule has 0 aliphatic carbocycles. The molecule has 1 atom stereocenters. The van der Waals surface area contributed by atoms with E-state index in [4.69, 9.17) is 10.6 Å². The summed E-state index contributed by atoms with van der Waals surface area (Å²) in [6.45, 7) is 4.08. The van der Waals surface area contributed by atoms with Gasteiger partial charge in [-0.3, -0.25) is 9.69 Å². The smallest absolute Gasteiger partial charge is 0.268 e. The summed E-state index contributed by atoms with van der Waals surface area (Å²) in [5.41, 5.74) is 8.91. The Kier molecular flexibility index (Phi) is 5.46. The molecule has 166 valence electrons. The number of aromatic amines is 1. The average molecular weight is 434 g/mol. The number of H-pyrrole nitrogens is 1. The van der Waals surface area contributed by atoms with Crippen LogP contribution in [-0.2, 0) is 0 Å². The van der Waals surface area contributed by atoms with E-state index in [2.05, 4.69) is 39.0 Å². The lowest BCUT2D eigenvalue weighted by Gasteiger charge is -2.37. The van der Waals surface area contributed by atoms with Crippen molar-refractivity contribution < 1.29 is 14.7 Å². The van der Waals surface area contributed by atoms with E-state index in [1.165, 1.54) is 15.8 Å². The number of aliphatic hydroxyl groups excluding tert-OH is 1. The Labute approximate surface area is 185 Å². The first-order valence-electron chi connectivity index (χ1n) is 10.9. The van der Waals surface area contributed by atoms with Crippen molar-refractivity contribution in [2.45, 2.75) is 6.10 Å². The van der Waals surface area contributed by atoms with Crippen LogP contribution in [0.3, 0.4) is 0 Å². The number of nitrogens with one attached hydrogen (secondary N) is 1. The highest BCUT2D eigenvalue weighted by atomic mass is 16.7. The van der Waals surface area contributed by atoms with E-state index in [9.17, 15) is 9.90 Å². The maximum absolute atomic E-state index is 11.8. The highest BCUT2D eigenvalue weighted by molar-refractivity contribution is 5.97. The second kappa shape index (κ2) is 8.57. The summed E-state index contributed by atoms with van der Waals surface area (Å²) in [4.78, 5) is 25.5. The Hall–Kier alpha value is -3.49. The number of β-amino-alcohol motifs (C(OH)–C–C–N with tert-alkyl or cyclic N) is 1. The molecule has 1 aliphatic heterocycles. The van der Waals surface area contributed by atoms with Crippen LogP contribution in [0.2, 0.25) is 0 Å². The quantitative estimate of drug-likeness (QED) is 0.413. The van der Waals surface area contributed by atoms with Gasteiger partial charge in [-0.2, -0.15) is 4.73 Å². The van der Waals surface area contributed by atoms with E-state index < -0.39 is 12.0 Å². The predicted molar refractivity (Wildman–Crippen MR) is 125 cm³/mol. The SMILES string of the molecule is NC(=O)c1cc2ccccc2n1OCC(O)CN1CCN(c2cccc3[nH]ccc23)CC1. The van der Waals surface area contributed by atoms with Crippen LogP contribution in [0.5, 0.6) is 0 Å². The molecule has 0 spiro atoms. The van der Waals surface area contributed by atoms with Crippen LogP contribution in [0.15, 0.2) is 60.8 Å². The number of primary amides is 1. The molecule has 1 saturated heterocycles. The molecular formula is C24H27N5O3. The van der Waals surface area contributed by atoms with E-state index in [1.807, 2.05) is 30.5 Å². The van der Waals surface area contributed by atoms with Crippen LogP contribution in [-0.4, -0.2) is 71.1 Å². The summed E-state index contributed by atoms with van der Waals surface area (Å²) in [5.74, 6) is -0.566. The van der Waals surface area contributed by atoms with E-state index in [0.29, 0.717) is 6.54 Å². The van der Waals surface area contributed by atoms with Gasteiger partial charge in [0.05, 0.1) is 5.52 Å². The fourth-order valence-electron chi connectivity index (χ4n) is 4.47. The maximum Gasteiger partial charge on any atom is 0.268 e. The largest absolute Gasteiger partial charge is 0.410 e. The molecule has 1 aliphatic rings. The molecule has 5 rings (SSSR count). The molecule has 1 amide bonds. The Balaban J connectivity index is 1.18. The number of nitrogens with two attached hydrogens (primary N) is 1. The van der Waals surface area contributed by atoms with E-state index in [0.717, 1.165) is 42.6 Å². The third-order valence-corrected chi connectivity index (χ3v) is 6.07. The topological polar surface area (TPSA) is 99.8 Å². The molecule has 3 heterocycles. The molecule has 0 saturated carbocycles. The van der Waals surface area contributed by atoms with Gasteiger partial charge in [0.2, 0.25) is 0 Å². The van der Waals surface area contributed by atoms with Crippen LogP contribution in [0, 0.1) is 0 Å². The van der Waals surface area contributed by atoms with Gasteiger partial charge < -0.3 is 25.6 Å². The third-order valence-electron chi connectivity index (χ3n) is 6.07. The van der Waals surface area contributed by atoms with Crippen molar-refractivity contribution in [2.75, 3.05) is 44.2 Å². The zero-order valence-electron chi connectivity index (χ0n) is 17.8. The monoisotopic (exact) mass is 433 g/mol. The van der Waals surface area contributed by atoms with Crippen molar-refractivity contribution >= 4 is 33.4 Å². The average Bonchev–Trinajstić information content (AvgIpc) is 3.43. The molecular weight excluding hydrogens is 406 g/mol. The van der Waals surface area contributed by atoms with Crippen LogP contribution < -0.4 is 15.5 Å². The zero-order valence-corrected chi connectivity index (χ0v) is 17.8. The molecule has 0 bridgehead atoms. The van der Waals surface area contributed by atoms with Gasteiger partial charge in [0.25, 0.3) is 5.91 Å². The summed E-state index contributed by atoms with van der Waals surface area (Å²) in [6.07, 6.45) is 1.29. The van der Waals surface area contributed by atoms with Gasteiger partial charge in [0.1, 0.15) is 18.4 Å². The van der Waals surface area contributed by atoms with Gasteiger partial charge in [0.15, 0.2) is 0 Å². The van der Waals surface area contributed by atoms with E-state index in [-0.39, 0.29) is 12.3 Å². The first-order chi connectivity index (χ1) is 15.6. The van der Waals surface area contributed by atoms with Crippen molar-refractivity contribution in [1.82, 2.24) is 14.6 Å². The maximum atomic E-state index is 11.8. The molecule has 32 heavy (non-hydrogen) atoms. The van der Waals surface area contributed by atoms with Gasteiger partial charge in [-0.05, 0) is 30.3 Å². The lowest BCUT2D eigenvalue weighted by atomic mass is 10.1. The van der Waals surface area contributed by atoms with Gasteiger partial charge >= 0.3 is 0 Å². The molecule has 2 aromatic carbocycles. The third kappa shape index (κ3) is 3.90. The van der Waals surface area contributed by atoms with E-state index >= 15 is 0 Å². The highest BCUT2D eigenvalue weighted by Crippen LogP contribution is 2.27. The molecule has 0 radical (unpaired) electrons.